The van der Waals surface area contributed by atoms with Gasteiger partial charge in [-0.2, -0.15) is 13.2 Å². The molecular weight excluding hydrogens is 524 g/mol. The number of sulfone groups is 1. The Morgan fingerprint density at radius 2 is 1.71 bits per heavy atom. The third-order valence-corrected chi connectivity index (χ3v) is 9.72. The van der Waals surface area contributed by atoms with E-state index in [9.17, 15) is 30.8 Å². The van der Waals surface area contributed by atoms with E-state index in [1.165, 1.54) is 30.6 Å². The van der Waals surface area contributed by atoms with Crippen LogP contribution in [0.15, 0.2) is 65.8 Å². The fraction of sp³-hybridized carbons (Fsp3) is 0.370. The van der Waals surface area contributed by atoms with Gasteiger partial charge in [-0.3, -0.25) is 4.79 Å². The van der Waals surface area contributed by atoms with Crippen LogP contribution >= 0.6 is 0 Å². The van der Waals surface area contributed by atoms with Crippen molar-refractivity contribution >= 4 is 15.6 Å². The van der Waals surface area contributed by atoms with Crippen LogP contribution in [0.4, 0.5) is 17.6 Å². The molecule has 1 aliphatic carbocycles. The Bertz CT molecular complexity index is 1430. The molecule has 0 radical (unpaired) electrons. The molecular formula is C27H24F4N2O4S. The predicted molar refractivity (Wildman–Crippen MR) is 129 cm³/mol. The molecule has 2 fully saturated rings. The first-order valence-electron chi connectivity index (χ1n) is 12.1. The Morgan fingerprint density at radius 3 is 2.39 bits per heavy atom. The van der Waals surface area contributed by atoms with Gasteiger partial charge in [-0.15, -0.1) is 0 Å². The molecule has 11 heteroatoms. The molecule has 0 bridgehead atoms. The Hall–Kier alpha value is -3.18. The molecule has 1 unspecified atom stereocenters. The van der Waals surface area contributed by atoms with E-state index in [0.29, 0.717) is 30.0 Å². The molecule has 5 rings (SSSR count). The zero-order valence-corrected chi connectivity index (χ0v) is 20.9. The Morgan fingerprint density at radius 1 is 1.00 bits per heavy atom. The number of benzene rings is 2. The number of fused-ring (bicyclic) bond motifs is 1. The number of hydrogen-bond acceptors (Lipinski definition) is 6. The van der Waals surface area contributed by atoms with Crippen molar-refractivity contribution in [3.8, 4) is 11.3 Å². The van der Waals surface area contributed by atoms with Crippen molar-refractivity contribution in [3.05, 3.63) is 78.0 Å². The van der Waals surface area contributed by atoms with Crippen molar-refractivity contribution in [2.45, 2.75) is 35.6 Å². The van der Waals surface area contributed by atoms with E-state index in [1.807, 2.05) is 0 Å². The second-order valence-electron chi connectivity index (χ2n) is 9.70. The van der Waals surface area contributed by atoms with E-state index < -0.39 is 38.6 Å². The van der Waals surface area contributed by atoms with E-state index in [0.717, 1.165) is 24.3 Å². The zero-order chi connectivity index (χ0) is 27.1. The van der Waals surface area contributed by atoms with Gasteiger partial charge in [0.05, 0.1) is 28.0 Å². The van der Waals surface area contributed by atoms with Crippen LogP contribution in [0.25, 0.3) is 11.3 Å². The van der Waals surface area contributed by atoms with Crippen molar-refractivity contribution in [2.24, 2.45) is 17.8 Å². The van der Waals surface area contributed by atoms with Gasteiger partial charge >= 0.3 is 6.18 Å². The summed E-state index contributed by atoms with van der Waals surface area (Å²) in [6.07, 6.45) is -2.49. The number of halogens is 4. The predicted octanol–water partition coefficient (Wildman–Crippen LogP) is 4.93. The van der Waals surface area contributed by atoms with Crippen LogP contribution in [-0.4, -0.2) is 42.6 Å². The monoisotopic (exact) mass is 548 g/mol. The molecule has 4 atom stereocenters. The number of carbonyl (C=O) groups excluding carboxylic acids is 1. The van der Waals surface area contributed by atoms with Crippen LogP contribution in [0.5, 0.6) is 0 Å². The molecule has 1 aliphatic heterocycles. The highest BCUT2D eigenvalue weighted by molar-refractivity contribution is 7.92. The number of hydrogen-bond donors (Lipinski definition) is 0. The van der Waals surface area contributed by atoms with E-state index in [4.69, 9.17) is 4.74 Å². The molecule has 1 aromatic heterocycles. The molecule has 0 spiro atoms. The van der Waals surface area contributed by atoms with Crippen LogP contribution in [0, 0.1) is 23.6 Å². The number of ether oxygens (including phenoxy) is 1. The maximum absolute atomic E-state index is 13.5. The van der Waals surface area contributed by atoms with Crippen LogP contribution in [0.2, 0.25) is 0 Å². The summed E-state index contributed by atoms with van der Waals surface area (Å²) in [7, 11) is -3.92. The van der Waals surface area contributed by atoms with Gasteiger partial charge in [0.25, 0.3) is 0 Å². The SMILES string of the molecule is O=C(CCc1cc(-c2ccc(C(F)(F)F)cc2)ncn1)[C@@H]1C[C@H]2COC[C@H]2C1S(=O)(=O)c1ccc(F)cc1. The first-order valence-corrected chi connectivity index (χ1v) is 13.7. The van der Waals surface area contributed by atoms with E-state index in [-0.39, 0.29) is 42.0 Å². The molecule has 3 aromatic rings. The number of nitrogens with zero attached hydrogens (tertiary/aromatic N) is 2. The summed E-state index contributed by atoms with van der Waals surface area (Å²) >= 11 is 0. The summed E-state index contributed by atoms with van der Waals surface area (Å²) in [5, 5.41) is -0.957. The molecule has 0 N–H and O–H groups in total. The van der Waals surface area contributed by atoms with E-state index in [1.54, 1.807) is 6.07 Å². The lowest BCUT2D eigenvalue weighted by Gasteiger charge is -2.23. The second-order valence-corrected chi connectivity index (χ2v) is 11.8. The molecule has 6 nitrogen and oxygen atoms in total. The van der Waals surface area contributed by atoms with Gasteiger partial charge < -0.3 is 4.74 Å². The third-order valence-electron chi connectivity index (χ3n) is 7.40. The van der Waals surface area contributed by atoms with Gasteiger partial charge in [-0.05, 0) is 61.2 Å². The molecule has 2 aromatic carbocycles. The standard InChI is InChI=1S/C27H24F4N2O4S/c28-19-5-8-21(9-6-19)38(35,36)26-22(11-17-13-37-14-23(17)26)25(34)10-7-20-12-24(33-15-32-20)16-1-3-18(4-2-16)27(29,30)31/h1-6,8-9,12,15,17,22-23,26H,7,10-11,13-14H2/t17-,22-,23+,26?/m0/s1. The quantitative estimate of drug-likeness (QED) is 0.308. The second kappa shape index (κ2) is 10.2. The number of rotatable bonds is 7. The lowest BCUT2D eigenvalue weighted by atomic mass is 9.96. The Labute approximate surface area is 217 Å². The highest BCUT2D eigenvalue weighted by Crippen LogP contribution is 2.46. The summed E-state index contributed by atoms with van der Waals surface area (Å²) < 4.78 is 84.6. The summed E-state index contributed by atoms with van der Waals surface area (Å²) in [6.45, 7) is 0.647. The molecule has 2 heterocycles. The fourth-order valence-electron chi connectivity index (χ4n) is 5.48. The number of Topliss-reactive ketones (excluding diaryl/α,β-unsaturated/α-hetero) is 1. The zero-order valence-electron chi connectivity index (χ0n) is 20.1. The van der Waals surface area contributed by atoms with Gasteiger partial charge in [-0.1, -0.05) is 12.1 Å². The van der Waals surface area contributed by atoms with Crippen molar-refractivity contribution in [3.63, 3.8) is 0 Å². The minimum absolute atomic E-state index is 0.0220. The maximum atomic E-state index is 13.5. The molecule has 38 heavy (non-hydrogen) atoms. The van der Waals surface area contributed by atoms with Gasteiger partial charge in [-0.25, -0.2) is 22.8 Å². The Kier molecular flexibility index (Phi) is 7.08. The lowest BCUT2D eigenvalue weighted by Crippen LogP contribution is -2.36. The normalized spacial score (nSPS) is 23.4. The highest BCUT2D eigenvalue weighted by atomic mass is 32.2. The number of ketones is 1. The highest BCUT2D eigenvalue weighted by Gasteiger charge is 2.54. The number of alkyl halides is 3. The molecule has 200 valence electrons. The average molecular weight is 549 g/mol. The molecule has 1 saturated heterocycles. The van der Waals surface area contributed by atoms with Crippen molar-refractivity contribution in [1.82, 2.24) is 9.97 Å². The lowest BCUT2D eigenvalue weighted by molar-refractivity contribution is -0.137. The minimum Gasteiger partial charge on any atom is -0.381 e. The van der Waals surface area contributed by atoms with Gasteiger partial charge in [0.2, 0.25) is 0 Å². The summed E-state index contributed by atoms with van der Waals surface area (Å²) in [5.74, 6) is -1.84. The van der Waals surface area contributed by atoms with Crippen LogP contribution < -0.4 is 0 Å². The molecule has 1 saturated carbocycles. The van der Waals surface area contributed by atoms with Crippen molar-refractivity contribution in [1.29, 1.82) is 0 Å². The third kappa shape index (κ3) is 5.22. The molecule has 2 aliphatic rings. The first kappa shape index (κ1) is 26.4. The van der Waals surface area contributed by atoms with Crippen molar-refractivity contribution < 1.29 is 35.5 Å². The average Bonchev–Trinajstić information content (AvgIpc) is 3.49. The van der Waals surface area contributed by atoms with Crippen molar-refractivity contribution in [2.75, 3.05) is 13.2 Å². The maximum Gasteiger partial charge on any atom is 0.416 e. The van der Waals surface area contributed by atoms with E-state index in [2.05, 4.69) is 9.97 Å². The first-order chi connectivity index (χ1) is 18.0. The minimum atomic E-state index is -4.44. The number of carbonyl (C=O) groups is 1. The summed E-state index contributed by atoms with van der Waals surface area (Å²) in [4.78, 5) is 21.7. The smallest absolute Gasteiger partial charge is 0.381 e. The number of aromatic nitrogens is 2. The van der Waals surface area contributed by atoms with Gasteiger partial charge in [0.1, 0.15) is 17.9 Å². The Balaban J connectivity index is 1.32. The van der Waals surface area contributed by atoms with Gasteiger partial charge in [0.15, 0.2) is 9.84 Å². The van der Waals surface area contributed by atoms with Crippen LogP contribution in [-0.2, 0) is 32.0 Å². The van der Waals surface area contributed by atoms with E-state index >= 15 is 0 Å². The fourth-order valence-corrected chi connectivity index (χ4v) is 7.77. The topological polar surface area (TPSA) is 86.2 Å². The summed E-state index contributed by atoms with van der Waals surface area (Å²) in [5.41, 5.74) is 0.642. The van der Waals surface area contributed by atoms with Crippen LogP contribution in [0.1, 0.15) is 24.1 Å². The molecule has 0 amide bonds. The van der Waals surface area contributed by atoms with Crippen LogP contribution in [0.3, 0.4) is 0 Å². The largest absolute Gasteiger partial charge is 0.416 e. The summed E-state index contributed by atoms with van der Waals surface area (Å²) in [6, 6.07) is 10.8. The number of aryl methyl sites for hydroxylation is 1. The van der Waals surface area contributed by atoms with Gasteiger partial charge in [0, 0.05) is 36.1 Å².